The maximum absolute atomic E-state index is 12.2. The fourth-order valence-electron chi connectivity index (χ4n) is 1.21. The molecule has 1 rings (SSSR count). The van der Waals surface area contributed by atoms with Gasteiger partial charge >= 0.3 is 0 Å². The Labute approximate surface area is 91.5 Å². The summed E-state index contributed by atoms with van der Waals surface area (Å²) in [5, 5.41) is 8.69. The summed E-state index contributed by atoms with van der Waals surface area (Å²) in [7, 11) is 0. The quantitative estimate of drug-likeness (QED) is 0.813. The van der Waals surface area contributed by atoms with Crippen LogP contribution < -0.4 is 0 Å². The van der Waals surface area contributed by atoms with Crippen LogP contribution in [0, 0.1) is 0 Å². The van der Waals surface area contributed by atoms with Gasteiger partial charge < -0.3 is 10.0 Å². The van der Waals surface area contributed by atoms with E-state index in [-0.39, 0.29) is 18.8 Å². The van der Waals surface area contributed by atoms with Gasteiger partial charge in [-0.05, 0) is 12.1 Å². The molecule has 6 heteroatoms. The van der Waals surface area contributed by atoms with Crippen LogP contribution in [0.1, 0.15) is 10.5 Å². The van der Waals surface area contributed by atoms with Crippen molar-refractivity contribution < 1.29 is 18.7 Å². The van der Waals surface area contributed by atoms with Gasteiger partial charge in [-0.2, -0.15) is 0 Å². The van der Waals surface area contributed by atoms with E-state index in [1.54, 1.807) is 12.1 Å². The molecule has 1 aromatic heterocycles. The third kappa shape index (κ3) is 3.54. The van der Waals surface area contributed by atoms with Crippen molar-refractivity contribution >= 4 is 5.91 Å². The van der Waals surface area contributed by atoms with Crippen LogP contribution in [-0.2, 0) is 0 Å². The first-order valence-electron chi connectivity index (χ1n) is 4.74. The van der Waals surface area contributed by atoms with Crippen molar-refractivity contribution in [3.63, 3.8) is 0 Å². The molecule has 88 valence electrons. The summed E-state index contributed by atoms with van der Waals surface area (Å²) in [6.45, 7) is -1.18. The Kier molecular flexibility index (Phi) is 4.78. The van der Waals surface area contributed by atoms with E-state index in [9.17, 15) is 13.6 Å². The van der Waals surface area contributed by atoms with Gasteiger partial charge in [-0.3, -0.25) is 9.78 Å². The van der Waals surface area contributed by atoms with E-state index in [4.69, 9.17) is 5.11 Å². The number of hydrogen-bond donors (Lipinski definition) is 1. The van der Waals surface area contributed by atoms with E-state index in [2.05, 4.69) is 4.98 Å². The molecule has 1 heterocycles. The van der Waals surface area contributed by atoms with Crippen molar-refractivity contribution in [3.8, 4) is 0 Å². The predicted molar refractivity (Wildman–Crippen MR) is 53.2 cm³/mol. The minimum absolute atomic E-state index is 0.0941. The molecule has 0 aromatic carbocycles. The van der Waals surface area contributed by atoms with Gasteiger partial charge in [-0.1, -0.05) is 6.07 Å². The monoisotopic (exact) mass is 230 g/mol. The van der Waals surface area contributed by atoms with E-state index < -0.39 is 18.9 Å². The van der Waals surface area contributed by atoms with E-state index in [1.165, 1.54) is 12.3 Å². The Morgan fingerprint density at radius 3 is 2.75 bits per heavy atom. The van der Waals surface area contributed by atoms with Gasteiger partial charge in [-0.15, -0.1) is 0 Å². The first-order chi connectivity index (χ1) is 7.65. The zero-order valence-electron chi connectivity index (χ0n) is 8.51. The molecule has 0 unspecified atom stereocenters. The maximum Gasteiger partial charge on any atom is 0.272 e. The number of alkyl halides is 2. The van der Waals surface area contributed by atoms with E-state index in [0.717, 1.165) is 4.90 Å². The Bertz CT molecular complexity index is 333. The molecular weight excluding hydrogens is 218 g/mol. The molecule has 0 atom stereocenters. The third-order valence-electron chi connectivity index (χ3n) is 1.90. The summed E-state index contributed by atoms with van der Waals surface area (Å²) >= 11 is 0. The topological polar surface area (TPSA) is 53.4 Å². The van der Waals surface area contributed by atoms with Crippen LogP contribution in [0.15, 0.2) is 24.4 Å². The normalized spacial score (nSPS) is 10.5. The number of carbonyl (C=O) groups excluding carboxylic acids is 1. The fraction of sp³-hybridized carbons (Fsp3) is 0.400. The summed E-state index contributed by atoms with van der Waals surface area (Å²) in [4.78, 5) is 16.3. The average Bonchev–Trinajstić information content (AvgIpc) is 2.28. The van der Waals surface area contributed by atoms with Crippen molar-refractivity contribution in [2.75, 3.05) is 19.7 Å². The van der Waals surface area contributed by atoms with Crippen molar-refractivity contribution in [2.24, 2.45) is 0 Å². The molecule has 0 aliphatic heterocycles. The highest BCUT2D eigenvalue weighted by Crippen LogP contribution is 2.04. The fourth-order valence-corrected chi connectivity index (χ4v) is 1.21. The van der Waals surface area contributed by atoms with Crippen LogP contribution in [0.4, 0.5) is 8.78 Å². The standard InChI is InChI=1S/C10H12F2N2O2/c11-9(12)7-14(5-6-15)10(16)8-3-1-2-4-13-8/h1-4,9,15H,5-7H2. The third-order valence-corrected chi connectivity index (χ3v) is 1.90. The predicted octanol–water partition coefficient (Wildman–Crippen LogP) is 0.781. The SMILES string of the molecule is O=C(c1ccccn1)N(CCO)CC(F)F. The smallest absolute Gasteiger partial charge is 0.272 e. The second-order valence-corrected chi connectivity index (χ2v) is 3.08. The molecule has 4 nitrogen and oxygen atoms in total. The van der Waals surface area contributed by atoms with Crippen molar-refractivity contribution in [1.82, 2.24) is 9.88 Å². The molecule has 0 spiro atoms. The Balaban J connectivity index is 2.74. The zero-order valence-corrected chi connectivity index (χ0v) is 8.51. The van der Waals surface area contributed by atoms with Crippen LogP contribution in [-0.4, -0.2) is 47.0 Å². The van der Waals surface area contributed by atoms with Crippen LogP contribution in [0.25, 0.3) is 0 Å². The largest absolute Gasteiger partial charge is 0.395 e. The molecule has 1 amide bonds. The number of aromatic nitrogens is 1. The first-order valence-corrected chi connectivity index (χ1v) is 4.74. The number of rotatable bonds is 5. The lowest BCUT2D eigenvalue weighted by atomic mass is 10.3. The van der Waals surface area contributed by atoms with Gasteiger partial charge in [-0.25, -0.2) is 8.78 Å². The molecule has 0 saturated heterocycles. The van der Waals surface area contributed by atoms with Gasteiger partial charge in [0.25, 0.3) is 12.3 Å². The van der Waals surface area contributed by atoms with Crippen molar-refractivity contribution in [1.29, 1.82) is 0 Å². The average molecular weight is 230 g/mol. The lowest BCUT2D eigenvalue weighted by molar-refractivity contribution is 0.0504. The Hall–Kier alpha value is -1.56. The minimum Gasteiger partial charge on any atom is -0.395 e. The van der Waals surface area contributed by atoms with Gasteiger partial charge in [0.2, 0.25) is 0 Å². The Morgan fingerprint density at radius 2 is 2.25 bits per heavy atom. The highest BCUT2D eigenvalue weighted by atomic mass is 19.3. The summed E-state index contributed by atoms with van der Waals surface area (Å²) in [6.07, 6.45) is -1.22. The molecule has 16 heavy (non-hydrogen) atoms. The molecule has 1 aromatic rings. The van der Waals surface area contributed by atoms with E-state index in [1.807, 2.05) is 0 Å². The van der Waals surface area contributed by atoms with Gasteiger partial charge in [0.15, 0.2) is 0 Å². The first kappa shape index (κ1) is 12.5. The number of pyridine rings is 1. The van der Waals surface area contributed by atoms with E-state index in [0.29, 0.717) is 0 Å². The number of halogens is 2. The number of carbonyl (C=O) groups is 1. The molecule has 0 radical (unpaired) electrons. The van der Waals surface area contributed by atoms with E-state index >= 15 is 0 Å². The number of aliphatic hydroxyl groups is 1. The molecule has 0 bridgehead atoms. The second kappa shape index (κ2) is 6.12. The number of hydrogen-bond acceptors (Lipinski definition) is 3. The molecule has 0 fully saturated rings. The lowest BCUT2D eigenvalue weighted by Gasteiger charge is -2.20. The van der Waals surface area contributed by atoms with Crippen molar-refractivity contribution in [3.05, 3.63) is 30.1 Å². The van der Waals surface area contributed by atoms with Gasteiger partial charge in [0.05, 0.1) is 13.2 Å². The summed E-state index contributed by atoms with van der Waals surface area (Å²) in [6, 6.07) is 4.66. The summed E-state index contributed by atoms with van der Waals surface area (Å²) in [5.41, 5.74) is 0.0941. The zero-order chi connectivity index (χ0) is 12.0. The summed E-state index contributed by atoms with van der Waals surface area (Å²) in [5.74, 6) is -0.602. The van der Waals surface area contributed by atoms with Crippen molar-refractivity contribution in [2.45, 2.75) is 6.43 Å². The number of aliphatic hydroxyl groups excluding tert-OH is 1. The van der Waals surface area contributed by atoms with Crippen LogP contribution >= 0.6 is 0 Å². The minimum atomic E-state index is -2.63. The van der Waals surface area contributed by atoms with Crippen LogP contribution in [0.2, 0.25) is 0 Å². The maximum atomic E-state index is 12.2. The molecule has 0 saturated carbocycles. The molecular formula is C10H12F2N2O2. The van der Waals surface area contributed by atoms with Gasteiger partial charge in [0, 0.05) is 12.7 Å². The number of amides is 1. The lowest BCUT2D eigenvalue weighted by Crippen LogP contribution is -2.37. The molecule has 0 aliphatic carbocycles. The second-order valence-electron chi connectivity index (χ2n) is 3.08. The van der Waals surface area contributed by atoms with Crippen LogP contribution in [0.3, 0.4) is 0 Å². The molecule has 1 N–H and O–H groups in total. The van der Waals surface area contributed by atoms with Gasteiger partial charge in [0.1, 0.15) is 5.69 Å². The van der Waals surface area contributed by atoms with Crippen LogP contribution in [0.5, 0.6) is 0 Å². The highest BCUT2D eigenvalue weighted by molar-refractivity contribution is 5.92. The number of nitrogens with zero attached hydrogens (tertiary/aromatic N) is 2. The summed E-state index contributed by atoms with van der Waals surface area (Å²) < 4.78 is 24.4. The molecule has 0 aliphatic rings. The Morgan fingerprint density at radius 1 is 1.50 bits per heavy atom. The highest BCUT2D eigenvalue weighted by Gasteiger charge is 2.19.